The van der Waals surface area contributed by atoms with Crippen molar-refractivity contribution in [2.75, 3.05) is 0 Å². The van der Waals surface area contributed by atoms with Crippen LogP contribution in [-0.2, 0) is 7.05 Å². The van der Waals surface area contributed by atoms with E-state index in [2.05, 4.69) is 57.2 Å². The molecule has 2 aromatic carbocycles. The summed E-state index contributed by atoms with van der Waals surface area (Å²) in [6, 6.07) is 10.4. The second-order valence-electron chi connectivity index (χ2n) is 10.7. The molecule has 3 heterocycles. The first-order valence-corrected chi connectivity index (χ1v) is 11.3. The third-order valence-corrected chi connectivity index (χ3v) is 6.59. The van der Waals surface area contributed by atoms with Gasteiger partial charge in [0.1, 0.15) is 0 Å². The van der Waals surface area contributed by atoms with Crippen LogP contribution in [0.15, 0.2) is 47.7 Å². The maximum absolute atomic E-state index is 13.4. The fourth-order valence-electron chi connectivity index (χ4n) is 5.64. The summed E-state index contributed by atoms with van der Waals surface area (Å²) in [5.41, 5.74) is 5.03. The molecule has 0 radical (unpaired) electrons. The Morgan fingerprint density at radius 2 is 1.73 bits per heavy atom. The molecule has 0 unspecified atom stereocenters. The van der Waals surface area contributed by atoms with Gasteiger partial charge >= 0.3 is 0 Å². The minimum atomic E-state index is -0.0343. The van der Waals surface area contributed by atoms with Crippen LogP contribution in [0, 0.1) is 6.92 Å². The number of fused-ring (bicyclic) bond motifs is 2. The van der Waals surface area contributed by atoms with Crippen LogP contribution < -0.4 is 10.9 Å². The zero-order valence-corrected chi connectivity index (χ0v) is 21.0. The van der Waals surface area contributed by atoms with E-state index >= 15 is 0 Å². The van der Waals surface area contributed by atoms with E-state index in [1.54, 1.807) is 6.33 Å². The van der Waals surface area contributed by atoms with Gasteiger partial charge in [-0.3, -0.25) is 14.0 Å². The van der Waals surface area contributed by atoms with E-state index in [-0.39, 0.29) is 35.1 Å². The number of nitrogens with zero attached hydrogens (tertiary/aromatic N) is 4. The van der Waals surface area contributed by atoms with Crippen LogP contribution in [-0.4, -0.2) is 30.4 Å². The molecule has 1 aliphatic heterocycles. The minimum Gasteiger partial charge on any atom is -0.307 e. The number of rotatable bonds is 2. The topological polar surface area (TPSA) is 64.7 Å². The number of aromatic nitrogens is 4. The standard InChI is InChI=1S/C26H31N5O.ClH/c1-16-9-18(10-19-14-30(6)28-23(16)19)17-7-8-21-22(11-17)27-15-31(24(21)32)20-12-25(2,3)29-26(4,5)13-20;/h7-11,14-15,20,29H,12-13H2,1-6H3;1H. The van der Waals surface area contributed by atoms with E-state index in [9.17, 15) is 4.79 Å². The Balaban J connectivity index is 0.00000259. The molecule has 0 aliphatic carbocycles. The Bertz CT molecular complexity index is 1400. The van der Waals surface area contributed by atoms with Crippen molar-refractivity contribution in [3.63, 3.8) is 0 Å². The van der Waals surface area contributed by atoms with Crippen LogP contribution >= 0.6 is 12.4 Å². The summed E-state index contributed by atoms with van der Waals surface area (Å²) in [5, 5.41) is 10.0. The summed E-state index contributed by atoms with van der Waals surface area (Å²) < 4.78 is 3.69. The molecule has 1 aliphatic rings. The third-order valence-electron chi connectivity index (χ3n) is 6.59. The number of halogens is 1. The average molecular weight is 466 g/mol. The van der Waals surface area contributed by atoms with Gasteiger partial charge in [-0.1, -0.05) is 6.07 Å². The maximum atomic E-state index is 13.4. The predicted octanol–water partition coefficient (Wildman–Crippen LogP) is 5.16. The molecule has 6 nitrogen and oxygen atoms in total. The van der Waals surface area contributed by atoms with E-state index in [0.717, 1.165) is 46.0 Å². The Morgan fingerprint density at radius 1 is 1.03 bits per heavy atom. The van der Waals surface area contributed by atoms with Crippen LogP contribution in [0.5, 0.6) is 0 Å². The number of hydrogen-bond donors (Lipinski definition) is 1. The van der Waals surface area contributed by atoms with Crippen molar-refractivity contribution in [2.45, 2.75) is 64.6 Å². The number of aryl methyl sites for hydroxylation is 2. The van der Waals surface area contributed by atoms with Gasteiger partial charge in [0, 0.05) is 35.8 Å². The van der Waals surface area contributed by atoms with Crippen molar-refractivity contribution in [1.29, 1.82) is 0 Å². The molecule has 0 bridgehead atoms. The Kier molecular flexibility index (Phi) is 5.66. The number of nitrogens with one attached hydrogen (secondary N) is 1. The highest BCUT2D eigenvalue weighted by Crippen LogP contribution is 2.35. The van der Waals surface area contributed by atoms with Crippen molar-refractivity contribution in [2.24, 2.45) is 7.05 Å². The number of hydrogen-bond acceptors (Lipinski definition) is 4. The molecule has 2 aromatic heterocycles. The van der Waals surface area contributed by atoms with Crippen molar-refractivity contribution in [1.82, 2.24) is 24.6 Å². The van der Waals surface area contributed by atoms with Gasteiger partial charge in [0.15, 0.2) is 0 Å². The Hall–Kier alpha value is -2.70. The van der Waals surface area contributed by atoms with Crippen LogP contribution in [0.2, 0.25) is 0 Å². The van der Waals surface area contributed by atoms with E-state index in [0.29, 0.717) is 5.39 Å². The highest BCUT2D eigenvalue weighted by atomic mass is 35.5. The SMILES string of the molecule is Cc1cc(-c2ccc3c(=O)n(C4CC(C)(C)NC(C)(C)C4)cnc3c2)cc2cn(C)nc12.Cl. The fraction of sp³-hybridized carbons (Fsp3) is 0.423. The van der Waals surface area contributed by atoms with Gasteiger partial charge < -0.3 is 5.32 Å². The molecule has 4 aromatic rings. The van der Waals surface area contributed by atoms with E-state index in [4.69, 9.17) is 4.98 Å². The lowest BCUT2D eigenvalue weighted by Crippen LogP contribution is -2.58. The summed E-state index contributed by atoms with van der Waals surface area (Å²) in [6.45, 7) is 10.9. The fourth-order valence-corrected chi connectivity index (χ4v) is 5.64. The van der Waals surface area contributed by atoms with E-state index < -0.39 is 0 Å². The highest BCUT2D eigenvalue weighted by molar-refractivity contribution is 5.89. The first-order valence-electron chi connectivity index (χ1n) is 11.3. The number of benzene rings is 2. The molecule has 1 fully saturated rings. The van der Waals surface area contributed by atoms with Gasteiger partial charge in [-0.25, -0.2) is 4.98 Å². The average Bonchev–Trinajstić information content (AvgIpc) is 3.06. The molecule has 174 valence electrons. The van der Waals surface area contributed by atoms with E-state index in [1.807, 2.05) is 40.7 Å². The van der Waals surface area contributed by atoms with Crippen LogP contribution in [0.4, 0.5) is 0 Å². The second-order valence-corrected chi connectivity index (χ2v) is 10.7. The Labute approximate surface area is 200 Å². The zero-order chi connectivity index (χ0) is 22.8. The second kappa shape index (κ2) is 7.96. The molecule has 1 saturated heterocycles. The van der Waals surface area contributed by atoms with Gasteiger partial charge in [-0.2, -0.15) is 5.10 Å². The van der Waals surface area contributed by atoms with Crippen molar-refractivity contribution in [3.05, 3.63) is 58.8 Å². The molecule has 0 spiro atoms. The lowest BCUT2D eigenvalue weighted by Gasteiger charge is -2.46. The van der Waals surface area contributed by atoms with Gasteiger partial charge in [0.25, 0.3) is 5.56 Å². The molecule has 1 N–H and O–H groups in total. The summed E-state index contributed by atoms with van der Waals surface area (Å²) in [7, 11) is 1.94. The smallest absolute Gasteiger partial charge is 0.261 e. The Morgan fingerprint density at radius 3 is 2.42 bits per heavy atom. The predicted molar refractivity (Wildman–Crippen MR) is 137 cm³/mol. The zero-order valence-electron chi connectivity index (χ0n) is 20.1. The normalized spacial score (nSPS) is 17.9. The molecule has 7 heteroatoms. The summed E-state index contributed by atoms with van der Waals surface area (Å²) in [5.74, 6) is 0. The maximum Gasteiger partial charge on any atom is 0.261 e. The molecule has 0 saturated carbocycles. The van der Waals surface area contributed by atoms with Crippen LogP contribution in [0.25, 0.3) is 32.9 Å². The monoisotopic (exact) mass is 465 g/mol. The van der Waals surface area contributed by atoms with Gasteiger partial charge in [0.2, 0.25) is 0 Å². The molecular formula is C26H32ClN5O. The molecular weight excluding hydrogens is 434 g/mol. The van der Waals surface area contributed by atoms with Gasteiger partial charge in [-0.05, 0) is 88.4 Å². The van der Waals surface area contributed by atoms with Gasteiger partial charge in [0.05, 0.1) is 22.7 Å². The van der Waals surface area contributed by atoms with Crippen molar-refractivity contribution >= 4 is 34.2 Å². The highest BCUT2D eigenvalue weighted by Gasteiger charge is 2.38. The minimum absolute atomic E-state index is 0. The first-order chi connectivity index (χ1) is 15.0. The number of piperidine rings is 1. The molecule has 33 heavy (non-hydrogen) atoms. The summed E-state index contributed by atoms with van der Waals surface area (Å²) in [6.07, 6.45) is 5.57. The summed E-state index contributed by atoms with van der Waals surface area (Å²) >= 11 is 0. The quantitative estimate of drug-likeness (QED) is 0.444. The van der Waals surface area contributed by atoms with Gasteiger partial charge in [-0.15, -0.1) is 12.4 Å². The largest absolute Gasteiger partial charge is 0.307 e. The molecule has 5 rings (SSSR count). The molecule has 0 atom stereocenters. The first kappa shape index (κ1) is 23.5. The molecule has 0 amide bonds. The lowest BCUT2D eigenvalue weighted by molar-refractivity contribution is 0.130. The van der Waals surface area contributed by atoms with Crippen LogP contribution in [0.1, 0.15) is 52.1 Å². The summed E-state index contributed by atoms with van der Waals surface area (Å²) in [4.78, 5) is 18.1. The van der Waals surface area contributed by atoms with Crippen LogP contribution in [0.3, 0.4) is 0 Å². The van der Waals surface area contributed by atoms with Crippen molar-refractivity contribution in [3.8, 4) is 11.1 Å². The van der Waals surface area contributed by atoms with Crippen molar-refractivity contribution < 1.29 is 0 Å². The third kappa shape index (κ3) is 4.30. The van der Waals surface area contributed by atoms with E-state index in [1.165, 1.54) is 0 Å². The lowest BCUT2D eigenvalue weighted by atomic mass is 9.79.